The lowest BCUT2D eigenvalue weighted by atomic mass is 10.0. The van der Waals surface area contributed by atoms with E-state index in [1.54, 1.807) is 14.2 Å². The van der Waals surface area contributed by atoms with Gasteiger partial charge in [-0.2, -0.15) is 0 Å². The van der Waals surface area contributed by atoms with Gasteiger partial charge in [0.2, 0.25) is 0 Å². The highest BCUT2D eigenvalue weighted by Crippen LogP contribution is 2.14. The first-order valence-corrected chi connectivity index (χ1v) is 3.12. The summed E-state index contributed by atoms with van der Waals surface area (Å²) in [4.78, 5) is 0. The van der Waals surface area contributed by atoms with Gasteiger partial charge in [-0.15, -0.1) is 0 Å². The van der Waals surface area contributed by atoms with Gasteiger partial charge in [0.1, 0.15) is 0 Å². The summed E-state index contributed by atoms with van der Waals surface area (Å²) in [5.41, 5.74) is -0.172. The van der Waals surface area contributed by atoms with E-state index in [1.165, 1.54) is 0 Å². The Balaban J connectivity index is 3.80. The molecule has 0 fully saturated rings. The molecule has 2 nitrogen and oxygen atoms in total. The first-order valence-electron chi connectivity index (χ1n) is 3.12. The summed E-state index contributed by atoms with van der Waals surface area (Å²) in [6.45, 7) is 5.99. The maximum absolute atomic E-state index is 5.17. The zero-order valence-corrected chi connectivity index (χ0v) is 6.89. The zero-order chi connectivity index (χ0) is 7.49. The van der Waals surface area contributed by atoms with Crippen LogP contribution in [-0.2, 0) is 9.47 Å². The average Bonchev–Trinajstić information content (AvgIpc) is 1.86. The van der Waals surface area contributed by atoms with Gasteiger partial charge in [-0.1, -0.05) is 0 Å². The Kier molecular flexibility index (Phi) is 3.15. The normalized spacial score (nSPS) is 15.7. The van der Waals surface area contributed by atoms with Crippen molar-refractivity contribution in [2.75, 3.05) is 14.2 Å². The molecule has 0 aliphatic heterocycles. The Bertz CT molecular complexity index is 79.0. The molecule has 0 aromatic rings. The average molecular weight is 132 g/mol. The quantitative estimate of drug-likeness (QED) is 0.578. The van der Waals surface area contributed by atoms with E-state index in [-0.39, 0.29) is 11.7 Å². The molecule has 0 radical (unpaired) electrons. The molecule has 56 valence electrons. The first kappa shape index (κ1) is 8.92. The molecule has 0 N–H and O–H groups in total. The Hall–Kier alpha value is -0.0800. The molecule has 9 heavy (non-hydrogen) atoms. The monoisotopic (exact) mass is 132 g/mol. The van der Waals surface area contributed by atoms with E-state index >= 15 is 0 Å². The van der Waals surface area contributed by atoms with Crippen molar-refractivity contribution in [2.45, 2.75) is 32.5 Å². The smallest absolute Gasteiger partial charge is 0.0880 e. The number of ether oxygens (including phenoxy) is 2. The zero-order valence-electron chi connectivity index (χ0n) is 6.89. The van der Waals surface area contributed by atoms with Crippen LogP contribution in [-0.4, -0.2) is 25.9 Å². The van der Waals surface area contributed by atoms with Crippen molar-refractivity contribution in [3.05, 3.63) is 0 Å². The summed E-state index contributed by atoms with van der Waals surface area (Å²) in [5, 5.41) is 0. The Morgan fingerprint density at radius 2 is 1.67 bits per heavy atom. The molecule has 0 amide bonds. The molecule has 0 rings (SSSR count). The number of methoxy groups -OCH3 is 2. The standard InChI is InChI=1S/C7H16O2/c1-6(8-4)7(2,3)9-5/h6H,1-5H3/t6-/m0/s1. The molecule has 0 aliphatic carbocycles. The second kappa shape index (κ2) is 3.18. The molecular formula is C7H16O2. The molecule has 0 heterocycles. The highest BCUT2D eigenvalue weighted by molar-refractivity contribution is 4.75. The van der Waals surface area contributed by atoms with Crippen molar-refractivity contribution >= 4 is 0 Å². The summed E-state index contributed by atoms with van der Waals surface area (Å²) in [7, 11) is 3.38. The van der Waals surface area contributed by atoms with Gasteiger partial charge in [-0.3, -0.25) is 0 Å². The van der Waals surface area contributed by atoms with Crippen LogP contribution in [0, 0.1) is 0 Å². The van der Waals surface area contributed by atoms with Gasteiger partial charge in [0.05, 0.1) is 11.7 Å². The molecule has 0 spiro atoms. The van der Waals surface area contributed by atoms with Gasteiger partial charge in [0, 0.05) is 14.2 Å². The largest absolute Gasteiger partial charge is 0.379 e. The van der Waals surface area contributed by atoms with Gasteiger partial charge in [0.15, 0.2) is 0 Å². The lowest BCUT2D eigenvalue weighted by molar-refractivity contribution is -0.0858. The van der Waals surface area contributed by atoms with Crippen molar-refractivity contribution < 1.29 is 9.47 Å². The summed E-state index contributed by atoms with van der Waals surface area (Å²) in [6, 6.07) is 0. The SMILES string of the molecule is CO[C@@H](C)C(C)(C)OC. The Morgan fingerprint density at radius 1 is 1.22 bits per heavy atom. The Labute approximate surface area is 57.2 Å². The second-order valence-electron chi connectivity index (χ2n) is 2.69. The minimum atomic E-state index is -0.172. The number of hydrogen-bond acceptors (Lipinski definition) is 2. The van der Waals surface area contributed by atoms with E-state index in [4.69, 9.17) is 9.47 Å². The van der Waals surface area contributed by atoms with Crippen molar-refractivity contribution in [3.63, 3.8) is 0 Å². The highest BCUT2D eigenvalue weighted by atomic mass is 16.5. The molecule has 0 bridgehead atoms. The predicted molar refractivity (Wildman–Crippen MR) is 37.6 cm³/mol. The van der Waals surface area contributed by atoms with E-state index in [9.17, 15) is 0 Å². The maximum atomic E-state index is 5.17. The third kappa shape index (κ3) is 2.33. The van der Waals surface area contributed by atoms with Crippen molar-refractivity contribution in [3.8, 4) is 0 Å². The van der Waals surface area contributed by atoms with Gasteiger partial charge < -0.3 is 9.47 Å². The van der Waals surface area contributed by atoms with Crippen molar-refractivity contribution in [2.24, 2.45) is 0 Å². The molecule has 0 aliphatic rings. The van der Waals surface area contributed by atoms with E-state index < -0.39 is 0 Å². The fourth-order valence-corrected chi connectivity index (χ4v) is 0.450. The van der Waals surface area contributed by atoms with Crippen molar-refractivity contribution in [1.82, 2.24) is 0 Å². The summed E-state index contributed by atoms with van der Waals surface area (Å²) >= 11 is 0. The second-order valence-corrected chi connectivity index (χ2v) is 2.69. The Morgan fingerprint density at radius 3 is 1.78 bits per heavy atom. The minimum absolute atomic E-state index is 0.141. The van der Waals surface area contributed by atoms with E-state index in [0.717, 1.165) is 0 Å². The fraction of sp³-hybridized carbons (Fsp3) is 1.00. The topological polar surface area (TPSA) is 18.5 Å². The van der Waals surface area contributed by atoms with Crippen LogP contribution in [0.1, 0.15) is 20.8 Å². The van der Waals surface area contributed by atoms with Gasteiger partial charge in [-0.25, -0.2) is 0 Å². The third-order valence-corrected chi connectivity index (χ3v) is 1.86. The predicted octanol–water partition coefficient (Wildman–Crippen LogP) is 1.45. The molecule has 0 unspecified atom stereocenters. The highest BCUT2D eigenvalue weighted by Gasteiger charge is 2.24. The maximum Gasteiger partial charge on any atom is 0.0880 e. The lowest BCUT2D eigenvalue weighted by Gasteiger charge is -2.28. The van der Waals surface area contributed by atoms with Crippen LogP contribution in [0.2, 0.25) is 0 Å². The van der Waals surface area contributed by atoms with Crippen LogP contribution in [0.4, 0.5) is 0 Å². The summed E-state index contributed by atoms with van der Waals surface area (Å²) in [5.74, 6) is 0. The third-order valence-electron chi connectivity index (χ3n) is 1.86. The molecule has 1 atom stereocenters. The van der Waals surface area contributed by atoms with E-state index in [1.807, 2.05) is 20.8 Å². The molecule has 0 saturated heterocycles. The number of hydrogen-bond donors (Lipinski definition) is 0. The van der Waals surface area contributed by atoms with Crippen LogP contribution < -0.4 is 0 Å². The van der Waals surface area contributed by atoms with Crippen molar-refractivity contribution in [1.29, 1.82) is 0 Å². The molecular weight excluding hydrogens is 116 g/mol. The van der Waals surface area contributed by atoms with E-state index in [0.29, 0.717) is 0 Å². The van der Waals surface area contributed by atoms with Crippen LogP contribution in [0.15, 0.2) is 0 Å². The molecule has 0 saturated carbocycles. The molecule has 0 aromatic heterocycles. The number of rotatable bonds is 3. The van der Waals surface area contributed by atoms with Gasteiger partial charge >= 0.3 is 0 Å². The molecule has 2 heteroatoms. The minimum Gasteiger partial charge on any atom is -0.379 e. The van der Waals surface area contributed by atoms with Crippen LogP contribution >= 0.6 is 0 Å². The van der Waals surface area contributed by atoms with Gasteiger partial charge in [0.25, 0.3) is 0 Å². The summed E-state index contributed by atoms with van der Waals surface area (Å²) in [6.07, 6.45) is 0.141. The molecule has 0 aromatic carbocycles. The lowest BCUT2D eigenvalue weighted by Crippen LogP contribution is -2.37. The summed E-state index contributed by atoms with van der Waals surface area (Å²) < 4.78 is 10.2. The van der Waals surface area contributed by atoms with Crippen LogP contribution in [0.5, 0.6) is 0 Å². The van der Waals surface area contributed by atoms with Crippen LogP contribution in [0.25, 0.3) is 0 Å². The first-order chi connectivity index (χ1) is 4.04. The van der Waals surface area contributed by atoms with E-state index in [2.05, 4.69) is 0 Å². The van der Waals surface area contributed by atoms with Gasteiger partial charge in [-0.05, 0) is 20.8 Å². The fourth-order valence-electron chi connectivity index (χ4n) is 0.450. The van der Waals surface area contributed by atoms with Crippen LogP contribution in [0.3, 0.4) is 0 Å².